The monoisotopic (exact) mass is 359 g/mol. The highest BCUT2D eigenvalue weighted by Crippen LogP contribution is 2.35. The molecule has 0 unspecified atom stereocenters. The molecule has 0 atom stereocenters. The molecule has 22 heavy (non-hydrogen) atoms. The van der Waals surface area contributed by atoms with Gasteiger partial charge in [0.15, 0.2) is 5.78 Å². The van der Waals surface area contributed by atoms with Gasteiger partial charge in [-0.3, -0.25) is 14.9 Å². The minimum atomic E-state index is -0.544. The summed E-state index contributed by atoms with van der Waals surface area (Å²) in [5.74, 6) is -0.237. The standard InChI is InChI=1S/C16H10BrNO4/c17-14-8-12(18(21)22)7-11(16(14)20)6-10-5-9-3-1-2-4-13(9)15(10)19/h1-4,6-8,20H,5H2/b10-6+. The Morgan fingerprint density at radius 3 is 2.68 bits per heavy atom. The van der Waals surface area contributed by atoms with Crippen LogP contribution in [0.3, 0.4) is 0 Å². The number of ketones is 1. The number of nitro groups is 1. The molecule has 1 N–H and O–H groups in total. The van der Waals surface area contributed by atoms with E-state index >= 15 is 0 Å². The lowest BCUT2D eigenvalue weighted by Crippen LogP contribution is -1.96. The number of phenols is 1. The first-order chi connectivity index (χ1) is 10.5. The summed E-state index contributed by atoms with van der Waals surface area (Å²) in [6.07, 6.45) is 1.96. The number of carbonyl (C=O) groups is 1. The number of Topliss-reactive ketones (excluding diaryl/α,β-unsaturated/α-hetero) is 1. The maximum Gasteiger partial charge on any atom is 0.271 e. The molecular formula is C16H10BrNO4. The molecule has 1 aliphatic carbocycles. The van der Waals surface area contributed by atoms with Crippen molar-refractivity contribution in [1.29, 1.82) is 0 Å². The Labute approximate surface area is 134 Å². The number of halogens is 1. The number of nitrogens with zero attached hydrogens (tertiary/aromatic N) is 1. The highest BCUT2D eigenvalue weighted by Gasteiger charge is 2.25. The number of hydrogen-bond donors (Lipinski definition) is 1. The largest absolute Gasteiger partial charge is 0.506 e. The van der Waals surface area contributed by atoms with Crippen LogP contribution in [0.5, 0.6) is 5.75 Å². The van der Waals surface area contributed by atoms with Gasteiger partial charge < -0.3 is 5.11 Å². The van der Waals surface area contributed by atoms with Crippen molar-refractivity contribution in [3.63, 3.8) is 0 Å². The normalized spacial score (nSPS) is 15.1. The third kappa shape index (κ3) is 2.42. The molecular weight excluding hydrogens is 350 g/mol. The first-order valence-corrected chi connectivity index (χ1v) is 7.26. The molecule has 2 aromatic rings. The van der Waals surface area contributed by atoms with E-state index in [4.69, 9.17) is 0 Å². The van der Waals surface area contributed by atoms with Crippen molar-refractivity contribution in [1.82, 2.24) is 0 Å². The molecule has 0 heterocycles. The van der Waals surface area contributed by atoms with E-state index in [1.807, 2.05) is 12.1 Å². The van der Waals surface area contributed by atoms with E-state index < -0.39 is 4.92 Å². The third-order valence-corrected chi connectivity index (χ3v) is 4.16. The summed E-state index contributed by atoms with van der Waals surface area (Å²) in [7, 11) is 0. The SMILES string of the molecule is O=C1/C(=C/c2cc([N+](=O)[O-])cc(Br)c2O)Cc2ccccc21. The van der Waals surface area contributed by atoms with E-state index in [9.17, 15) is 20.0 Å². The first-order valence-electron chi connectivity index (χ1n) is 6.47. The number of phenolic OH excluding ortho intramolecular Hbond substituents is 1. The number of nitro benzene ring substituents is 1. The van der Waals surface area contributed by atoms with Gasteiger partial charge >= 0.3 is 0 Å². The van der Waals surface area contributed by atoms with E-state index in [-0.39, 0.29) is 27.3 Å². The molecule has 0 fully saturated rings. The topological polar surface area (TPSA) is 80.4 Å². The lowest BCUT2D eigenvalue weighted by Gasteiger charge is -2.03. The Balaban J connectivity index is 2.07. The number of fused-ring (bicyclic) bond motifs is 1. The van der Waals surface area contributed by atoms with E-state index in [2.05, 4.69) is 15.9 Å². The van der Waals surface area contributed by atoms with Gasteiger partial charge in [0.05, 0.1) is 9.40 Å². The lowest BCUT2D eigenvalue weighted by atomic mass is 10.1. The predicted molar refractivity (Wildman–Crippen MR) is 84.9 cm³/mol. The van der Waals surface area contributed by atoms with Crippen molar-refractivity contribution in [3.05, 3.63) is 73.2 Å². The van der Waals surface area contributed by atoms with Gasteiger partial charge in [-0.2, -0.15) is 0 Å². The van der Waals surface area contributed by atoms with Gasteiger partial charge in [-0.25, -0.2) is 0 Å². The molecule has 0 saturated carbocycles. The number of rotatable bonds is 2. The summed E-state index contributed by atoms with van der Waals surface area (Å²) in [5.41, 5.74) is 2.15. The summed E-state index contributed by atoms with van der Waals surface area (Å²) in [4.78, 5) is 22.7. The van der Waals surface area contributed by atoms with Gasteiger partial charge in [0.25, 0.3) is 5.69 Å². The van der Waals surface area contributed by atoms with Crippen LogP contribution in [0.1, 0.15) is 21.5 Å². The van der Waals surface area contributed by atoms with Gasteiger partial charge in [0.2, 0.25) is 0 Å². The van der Waals surface area contributed by atoms with Gasteiger partial charge in [0.1, 0.15) is 5.75 Å². The van der Waals surface area contributed by atoms with E-state index in [0.717, 1.165) is 5.56 Å². The number of carbonyl (C=O) groups excluding carboxylic acids is 1. The Morgan fingerprint density at radius 2 is 2.00 bits per heavy atom. The minimum absolute atomic E-state index is 0.113. The fraction of sp³-hybridized carbons (Fsp3) is 0.0625. The van der Waals surface area contributed by atoms with Gasteiger partial charge in [0, 0.05) is 35.3 Å². The van der Waals surface area contributed by atoms with Crippen molar-refractivity contribution in [3.8, 4) is 5.75 Å². The second-order valence-electron chi connectivity index (χ2n) is 4.96. The fourth-order valence-corrected chi connectivity index (χ4v) is 2.94. The first kappa shape index (κ1) is 14.5. The molecule has 1 aliphatic rings. The molecule has 6 heteroatoms. The van der Waals surface area contributed by atoms with Crippen LogP contribution < -0.4 is 0 Å². The van der Waals surface area contributed by atoms with Crippen LogP contribution in [0.15, 0.2) is 46.4 Å². The maximum absolute atomic E-state index is 12.3. The highest BCUT2D eigenvalue weighted by atomic mass is 79.9. The molecule has 0 saturated heterocycles. The third-order valence-electron chi connectivity index (χ3n) is 3.55. The summed E-state index contributed by atoms with van der Waals surface area (Å²) < 4.78 is 0.219. The second kappa shape index (κ2) is 5.38. The van der Waals surface area contributed by atoms with Gasteiger partial charge in [-0.1, -0.05) is 24.3 Å². The zero-order chi connectivity index (χ0) is 15.9. The van der Waals surface area contributed by atoms with Crippen LogP contribution in [0.4, 0.5) is 5.69 Å². The maximum atomic E-state index is 12.3. The molecule has 0 bridgehead atoms. The Kier molecular flexibility index (Phi) is 3.54. The van der Waals surface area contributed by atoms with Crippen molar-refractivity contribution >= 4 is 33.5 Å². The van der Waals surface area contributed by atoms with Crippen molar-refractivity contribution in [2.24, 2.45) is 0 Å². The number of benzene rings is 2. The molecule has 2 aromatic carbocycles. The molecule has 0 aromatic heterocycles. The quantitative estimate of drug-likeness (QED) is 0.501. The van der Waals surface area contributed by atoms with E-state index in [0.29, 0.717) is 17.6 Å². The molecule has 110 valence electrons. The van der Waals surface area contributed by atoms with Crippen molar-refractivity contribution in [2.45, 2.75) is 6.42 Å². The fourth-order valence-electron chi connectivity index (χ4n) is 2.48. The van der Waals surface area contributed by atoms with Gasteiger partial charge in [-0.15, -0.1) is 0 Å². The van der Waals surface area contributed by atoms with E-state index in [1.54, 1.807) is 12.1 Å². The molecule has 0 amide bonds. The zero-order valence-corrected chi connectivity index (χ0v) is 12.8. The zero-order valence-electron chi connectivity index (χ0n) is 11.2. The lowest BCUT2D eigenvalue weighted by molar-refractivity contribution is -0.385. The van der Waals surface area contributed by atoms with Crippen LogP contribution in [0.25, 0.3) is 6.08 Å². The second-order valence-corrected chi connectivity index (χ2v) is 5.81. The van der Waals surface area contributed by atoms with E-state index in [1.165, 1.54) is 18.2 Å². The number of non-ortho nitro benzene ring substituents is 1. The molecule has 5 nitrogen and oxygen atoms in total. The van der Waals surface area contributed by atoms with Crippen LogP contribution in [-0.2, 0) is 6.42 Å². The van der Waals surface area contributed by atoms with Crippen molar-refractivity contribution < 1.29 is 14.8 Å². The van der Waals surface area contributed by atoms with Gasteiger partial charge in [-0.05, 0) is 27.6 Å². The predicted octanol–water partition coefficient (Wildman–Crippen LogP) is 3.89. The Bertz CT molecular complexity index is 842. The van der Waals surface area contributed by atoms with Crippen LogP contribution in [0, 0.1) is 10.1 Å². The average Bonchev–Trinajstić information content (AvgIpc) is 2.80. The van der Waals surface area contributed by atoms with Crippen molar-refractivity contribution in [2.75, 3.05) is 0 Å². The summed E-state index contributed by atoms with van der Waals surface area (Å²) in [5, 5.41) is 21.0. The molecule has 0 spiro atoms. The molecule has 0 aliphatic heterocycles. The van der Waals surface area contributed by atoms with Crippen LogP contribution in [-0.4, -0.2) is 15.8 Å². The average molecular weight is 360 g/mol. The molecule has 3 rings (SSSR count). The summed E-state index contributed by atoms with van der Waals surface area (Å²) in [6.45, 7) is 0. The number of allylic oxidation sites excluding steroid dienone is 1. The smallest absolute Gasteiger partial charge is 0.271 e. The Hall–Kier alpha value is -2.47. The number of aromatic hydroxyl groups is 1. The highest BCUT2D eigenvalue weighted by molar-refractivity contribution is 9.10. The minimum Gasteiger partial charge on any atom is -0.506 e. The van der Waals surface area contributed by atoms with Crippen LogP contribution >= 0.6 is 15.9 Å². The molecule has 0 radical (unpaired) electrons. The summed E-state index contributed by atoms with van der Waals surface area (Å²) >= 11 is 3.09. The summed E-state index contributed by atoms with van der Waals surface area (Å²) in [6, 6.07) is 9.75. The number of hydrogen-bond acceptors (Lipinski definition) is 4. The van der Waals surface area contributed by atoms with Crippen LogP contribution in [0.2, 0.25) is 0 Å². The Morgan fingerprint density at radius 1 is 1.27 bits per heavy atom.